The first kappa shape index (κ1) is 18.4. The predicted octanol–water partition coefficient (Wildman–Crippen LogP) is 4.29. The highest BCUT2D eigenvalue weighted by Gasteiger charge is 2.32. The Hall–Kier alpha value is -2.94. The summed E-state index contributed by atoms with van der Waals surface area (Å²) in [4.78, 5) is 11.5. The van der Waals surface area contributed by atoms with E-state index in [2.05, 4.69) is 17.2 Å². The van der Waals surface area contributed by atoms with Crippen LogP contribution in [0.15, 0.2) is 48.5 Å². The highest BCUT2D eigenvalue weighted by atomic mass is 19.4. The minimum atomic E-state index is -4.42. The molecule has 2 aromatic rings. The van der Waals surface area contributed by atoms with Crippen molar-refractivity contribution in [1.82, 2.24) is 5.32 Å². The Morgan fingerprint density at radius 3 is 2.56 bits per heavy atom. The van der Waals surface area contributed by atoms with E-state index in [1.807, 2.05) is 30.3 Å². The van der Waals surface area contributed by atoms with Crippen molar-refractivity contribution in [2.75, 3.05) is 6.54 Å². The van der Waals surface area contributed by atoms with E-state index in [4.69, 9.17) is 4.74 Å². The summed E-state index contributed by atoms with van der Waals surface area (Å²) in [6, 6.07) is 13.0. The molecule has 0 atom stereocenters. The second-order valence-corrected chi connectivity index (χ2v) is 5.24. The van der Waals surface area contributed by atoms with E-state index in [-0.39, 0.29) is 24.3 Å². The molecule has 0 fully saturated rings. The zero-order valence-electron chi connectivity index (χ0n) is 13.5. The molecule has 0 unspecified atom stereocenters. The van der Waals surface area contributed by atoms with Crippen LogP contribution in [0, 0.1) is 18.8 Å². The summed E-state index contributed by atoms with van der Waals surface area (Å²) in [7, 11) is 0. The van der Waals surface area contributed by atoms with Gasteiger partial charge in [-0.1, -0.05) is 48.2 Å². The summed E-state index contributed by atoms with van der Waals surface area (Å²) in [5.74, 6) is 5.19. The molecule has 0 radical (unpaired) electrons. The highest BCUT2D eigenvalue weighted by Crippen LogP contribution is 2.32. The van der Waals surface area contributed by atoms with Crippen molar-refractivity contribution < 1.29 is 22.7 Å². The number of aryl methyl sites for hydroxylation is 1. The lowest BCUT2D eigenvalue weighted by atomic mass is 10.0. The van der Waals surface area contributed by atoms with Gasteiger partial charge in [-0.3, -0.25) is 0 Å². The third-order valence-electron chi connectivity index (χ3n) is 3.31. The van der Waals surface area contributed by atoms with E-state index < -0.39 is 17.8 Å². The largest absolute Gasteiger partial charge is 0.445 e. The van der Waals surface area contributed by atoms with E-state index in [9.17, 15) is 18.0 Å². The van der Waals surface area contributed by atoms with Crippen molar-refractivity contribution in [2.24, 2.45) is 0 Å². The number of hydrogen-bond donors (Lipinski definition) is 1. The molecule has 3 nitrogen and oxygen atoms in total. The van der Waals surface area contributed by atoms with Gasteiger partial charge in [0, 0.05) is 5.56 Å². The van der Waals surface area contributed by atoms with Crippen LogP contribution in [-0.2, 0) is 17.5 Å². The van der Waals surface area contributed by atoms with Crippen molar-refractivity contribution in [3.63, 3.8) is 0 Å². The van der Waals surface area contributed by atoms with Gasteiger partial charge in [-0.15, -0.1) is 0 Å². The van der Waals surface area contributed by atoms with Crippen LogP contribution in [0.5, 0.6) is 0 Å². The summed E-state index contributed by atoms with van der Waals surface area (Å²) in [6.45, 7) is 1.50. The van der Waals surface area contributed by atoms with E-state index in [0.29, 0.717) is 0 Å². The van der Waals surface area contributed by atoms with Crippen molar-refractivity contribution in [2.45, 2.75) is 19.7 Å². The molecule has 6 heteroatoms. The first-order chi connectivity index (χ1) is 11.9. The number of nitrogens with one attached hydrogen (secondary N) is 1. The molecule has 0 aromatic heterocycles. The minimum absolute atomic E-state index is 0.0249. The lowest BCUT2D eigenvalue weighted by molar-refractivity contribution is -0.138. The topological polar surface area (TPSA) is 38.3 Å². The van der Waals surface area contributed by atoms with Crippen molar-refractivity contribution in [3.8, 4) is 11.8 Å². The highest BCUT2D eigenvalue weighted by molar-refractivity contribution is 5.67. The van der Waals surface area contributed by atoms with Crippen molar-refractivity contribution in [3.05, 3.63) is 70.8 Å². The Morgan fingerprint density at radius 1 is 1.16 bits per heavy atom. The molecular formula is C19H16F3NO2. The number of carbonyl (C=O) groups is 1. The number of benzene rings is 2. The summed E-state index contributed by atoms with van der Waals surface area (Å²) in [6.07, 6.45) is -5.06. The molecule has 2 rings (SSSR count). The Kier molecular flexibility index (Phi) is 6.07. The van der Waals surface area contributed by atoms with Gasteiger partial charge in [0.25, 0.3) is 0 Å². The van der Waals surface area contributed by atoms with E-state index in [1.54, 1.807) is 0 Å². The van der Waals surface area contributed by atoms with Crippen molar-refractivity contribution >= 4 is 6.09 Å². The van der Waals surface area contributed by atoms with Crippen molar-refractivity contribution in [1.29, 1.82) is 0 Å². The van der Waals surface area contributed by atoms with Crippen LogP contribution >= 0.6 is 0 Å². The maximum Gasteiger partial charge on any atom is 0.416 e. The first-order valence-corrected chi connectivity index (χ1v) is 7.47. The molecule has 1 amide bonds. The van der Waals surface area contributed by atoms with Gasteiger partial charge in [-0.2, -0.15) is 13.2 Å². The summed E-state index contributed by atoms with van der Waals surface area (Å²) >= 11 is 0. The zero-order valence-corrected chi connectivity index (χ0v) is 13.5. The molecule has 0 spiro atoms. The lowest BCUT2D eigenvalue weighted by Gasteiger charge is -2.10. The molecule has 130 valence electrons. The number of alkyl halides is 3. The van der Waals surface area contributed by atoms with Crippen LogP contribution in [0.1, 0.15) is 22.3 Å². The SMILES string of the molecule is Cc1ccc(C#CCNC(=O)OCc2ccccc2)cc1C(F)(F)F. The molecule has 25 heavy (non-hydrogen) atoms. The average molecular weight is 347 g/mol. The van der Waals surface area contributed by atoms with Gasteiger partial charge in [0.05, 0.1) is 12.1 Å². The Balaban J connectivity index is 1.85. The monoisotopic (exact) mass is 347 g/mol. The molecule has 0 saturated carbocycles. The van der Waals surface area contributed by atoms with Gasteiger partial charge in [-0.25, -0.2) is 4.79 Å². The van der Waals surface area contributed by atoms with E-state index in [0.717, 1.165) is 11.6 Å². The number of ether oxygens (including phenoxy) is 1. The van der Waals surface area contributed by atoms with Gasteiger partial charge in [0.1, 0.15) is 6.61 Å². The summed E-state index contributed by atoms with van der Waals surface area (Å²) in [5, 5.41) is 2.42. The van der Waals surface area contributed by atoms with E-state index >= 15 is 0 Å². The summed E-state index contributed by atoms with van der Waals surface area (Å²) in [5.41, 5.74) is 0.510. The fourth-order valence-electron chi connectivity index (χ4n) is 2.04. The normalized spacial score (nSPS) is 10.6. The number of rotatable bonds is 3. The fourth-order valence-corrected chi connectivity index (χ4v) is 2.04. The molecular weight excluding hydrogens is 331 g/mol. The maximum absolute atomic E-state index is 12.8. The van der Waals surface area contributed by atoms with Gasteiger partial charge in [-0.05, 0) is 30.2 Å². The molecule has 0 heterocycles. The van der Waals surface area contributed by atoms with Crippen LogP contribution in [0.4, 0.5) is 18.0 Å². The standard InChI is InChI=1S/C19H16F3NO2/c1-14-9-10-15(12-17(14)19(20,21)22)8-5-11-23-18(24)25-13-16-6-3-2-4-7-16/h2-4,6-7,9-10,12H,11,13H2,1H3,(H,23,24). The van der Waals surface area contributed by atoms with Gasteiger partial charge < -0.3 is 10.1 Å². The number of amides is 1. The molecule has 0 aliphatic carbocycles. The number of carbonyl (C=O) groups excluding carboxylic acids is 1. The summed E-state index contributed by atoms with van der Waals surface area (Å²) < 4.78 is 43.5. The van der Waals surface area contributed by atoms with Crippen LogP contribution in [0.3, 0.4) is 0 Å². The maximum atomic E-state index is 12.8. The molecule has 0 saturated heterocycles. The number of hydrogen-bond acceptors (Lipinski definition) is 2. The molecule has 1 N–H and O–H groups in total. The second-order valence-electron chi connectivity index (χ2n) is 5.24. The van der Waals surface area contributed by atoms with Crippen LogP contribution in [-0.4, -0.2) is 12.6 Å². The molecule has 0 aliphatic rings. The Labute approximate surface area is 143 Å². The molecule has 0 aliphatic heterocycles. The van der Waals surface area contributed by atoms with Gasteiger partial charge in [0.15, 0.2) is 0 Å². The number of halogens is 3. The van der Waals surface area contributed by atoms with Gasteiger partial charge >= 0.3 is 12.3 Å². The van der Waals surface area contributed by atoms with Crippen LogP contribution in [0.2, 0.25) is 0 Å². The molecule has 2 aromatic carbocycles. The second kappa shape index (κ2) is 8.25. The minimum Gasteiger partial charge on any atom is -0.445 e. The Morgan fingerprint density at radius 2 is 1.88 bits per heavy atom. The van der Waals surface area contributed by atoms with Gasteiger partial charge in [0.2, 0.25) is 0 Å². The number of alkyl carbamates (subject to hydrolysis) is 1. The predicted molar refractivity (Wildman–Crippen MR) is 87.7 cm³/mol. The third-order valence-corrected chi connectivity index (χ3v) is 3.31. The lowest BCUT2D eigenvalue weighted by Crippen LogP contribution is -2.24. The quantitative estimate of drug-likeness (QED) is 0.841. The zero-order chi connectivity index (χ0) is 18.3. The van der Waals surface area contributed by atoms with Crippen LogP contribution in [0.25, 0.3) is 0 Å². The van der Waals surface area contributed by atoms with Crippen LogP contribution < -0.4 is 5.32 Å². The first-order valence-electron chi connectivity index (χ1n) is 7.47. The third kappa shape index (κ3) is 5.88. The average Bonchev–Trinajstić information content (AvgIpc) is 2.58. The fraction of sp³-hybridized carbons (Fsp3) is 0.211. The van der Waals surface area contributed by atoms with E-state index in [1.165, 1.54) is 19.1 Å². The smallest absolute Gasteiger partial charge is 0.416 e. The Bertz CT molecular complexity index is 790. The molecule has 0 bridgehead atoms.